The Morgan fingerprint density at radius 1 is 0.950 bits per heavy atom. The zero-order valence-electron chi connectivity index (χ0n) is 21.4. The maximum absolute atomic E-state index is 12.9. The van der Waals surface area contributed by atoms with E-state index < -0.39 is 0 Å². The lowest BCUT2D eigenvalue weighted by Gasteiger charge is -2.16. The highest BCUT2D eigenvalue weighted by atomic mass is 16.1. The fourth-order valence-electron chi connectivity index (χ4n) is 5.33. The number of carbonyl (C=O) groups excluding carboxylic acids is 1. The molecule has 10 nitrogen and oxygen atoms in total. The third-order valence-corrected chi connectivity index (χ3v) is 7.23. The number of hydrogen-bond donors (Lipinski definition) is 3. The number of amides is 1. The molecule has 6 aromatic rings. The predicted octanol–water partition coefficient (Wildman–Crippen LogP) is 4.25. The molecule has 1 aliphatic carbocycles. The standard InChI is InChI=1S/C30H25N9O/c31-20-5-1-4-19(16-20)30(40)36-24-10-7-18-17-21(8-9-22(18)24)39-28(23-6-2-13-33-27(23)32)35-25-11-12-26(37-29(25)39)38-15-3-14-34-38/h1-6,8-9,11-17,24H,7,10,31H2,(H2,32,33)(H,36,40). The first-order valence-electron chi connectivity index (χ1n) is 12.9. The largest absolute Gasteiger partial charge is 0.399 e. The quantitative estimate of drug-likeness (QED) is 0.285. The summed E-state index contributed by atoms with van der Waals surface area (Å²) in [5, 5.41) is 7.50. The molecule has 7 rings (SSSR count). The van der Waals surface area contributed by atoms with E-state index in [1.165, 1.54) is 0 Å². The third kappa shape index (κ3) is 4.02. The van der Waals surface area contributed by atoms with Crippen LogP contribution in [0.1, 0.15) is 33.9 Å². The van der Waals surface area contributed by atoms with Gasteiger partial charge in [-0.3, -0.25) is 9.36 Å². The fraction of sp³-hybridized carbons (Fsp3) is 0.100. The average Bonchev–Trinajstić information content (AvgIpc) is 3.72. The monoisotopic (exact) mass is 527 g/mol. The lowest BCUT2D eigenvalue weighted by atomic mass is 10.1. The van der Waals surface area contributed by atoms with E-state index in [1.807, 2.05) is 47.2 Å². The fourth-order valence-corrected chi connectivity index (χ4v) is 5.33. The van der Waals surface area contributed by atoms with Crippen LogP contribution in [0.2, 0.25) is 0 Å². The summed E-state index contributed by atoms with van der Waals surface area (Å²) in [7, 11) is 0. The number of imidazole rings is 1. The van der Waals surface area contributed by atoms with Gasteiger partial charge in [-0.2, -0.15) is 5.10 Å². The molecule has 1 unspecified atom stereocenters. The molecule has 4 heterocycles. The van der Waals surface area contributed by atoms with Crippen molar-refractivity contribution >= 4 is 28.6 Å². The smallest absolute Gasteiger partial charge is 0.251 e. The highest BCUT2D eigenvalue weighted by molar-refractivity contribution is 5.95. The lowest BCUT2D eigenvalue weighted by Crippen LogP contribution is -2.27. The van der Waals surface area contributed by atoms with Crippen LogP contribution in [0, 0.1) is 0 Å². The van der Waals surface area contributed by atoms with Gasteiger partial charge in [-0.15, -0.1) is 0 Å². The van der Waals surface area contributed by atoms with E-state index in [2.05, 4.69) is 27.5 Å². The van der Waals surface area contributed by atoms with E-state index in [-0.39, 0.29) is 11.9 Å². The van der Waals surface area contributed by atoms with Gasteiger partial charge in [-0.25, -0.2) is 19.6 Å². The third-order valence-electron chi connectivity index (χ3n) is 7.23. The highest BCUT2D eigenvalue weighted by Gasteiger charge is 2.26. The molecular weight excluding hydrogens is 502 g/mol. The molecule has 0 saturated carbocycles. The molecule has 0 aliphatic heterocycles. The van der Waals surface area contributed by atoms with Crippen LogP contribution in [0.25, 0.3) is 34.1 Å². The van der Waals surface area contributed by atoms with Crippen molar-refractivity contribution in [1.82, 2.24) is 34.6 Å². The van der Waals surface area contributed by atoms with E-state index >= 15 is 0 Å². The zero-order valence-corrected chi connectivity index (χ0v) is 21.4. The molecule has 0 fully saturated rings. The van der Waals surface area contributed by atoms with E-state index in [9.17, 15) is 4.79 Å². The number of carbonyl (C=O) groups is 1. The maximum Gasteiger partial charge on any atom is 0.251 e. The molecule has 1 amide bonds. The SMILES string of the molecule is Nc1cccc(C(=O)NC2CCc3cc(-n4c(-c5cccnc5N)nc5ccc(-n6cccn6)nc54)ccc32)c1. The second-order valence-electron chi connectivity index (χ2n) is 9.74. The van der Waals surface area contributed by atoms with Gasteiger partial charge in [0.15, 0.2) is 17.3 Å². The Hall–Kier alpha value is -5.51. The number of nitrogens with one attached hydrogen (secondary N) is 1. The molecule has 40 heavy (non-hydrogen) atoms. The summed E-state index contributed by atoms with van der Waals surface area (Å²) in [4.78, 5) is 27.0. The second kappa shape index (κ2) is 9.35. The molecule has 1 aliphatic rings. The van der Waals surface area contributed by atoms with E-state index in [4.69, 9.17) is 21.4 Å². The number of rotatable bonds is 5. The molecular formula is C30H25N9O. The Morgan fingerprint density at radius 2 is 1.88 bits per heavy atom. The zero-order chi connectivity index (χ0) is 27.2. The van der Waals surface area contributed by atoms with Gasteiger partial charge in [0.1, 0.15) is 11.3 Å². The number of fused-ring (bicyclic) bond motifs is 2. The minimum Gasteiger partial charge on any atom is -0.399 e. The molecule has 1 atom stereocenters. The average molecular weight is 528 g/mol. The van der Waals surface area contributed by atoms with Gasteiger partial charge in [-0.1, -0.05) is 12.1 Å². The van der Waals surface area contributed by atoms with Gasteiger partial charge in [-0.05, 0) is 84.6 Å². The van der Waals surface area contributed by atoms with Gasteiger partial charge in [0.25, 0.3) is 5.91 Å². The molecule has 5 N–H and O–H groups in total. The van der Waals surface area contributed by atoms with Crippen LogP contribution in [0.5, 0.6) is 0 Å². The van der Waals surface area contributed by atoms with Gasteiger partial charge < -0.3 is 16.8 Å². The number of hydrogen-bond acceptors (Lipinski definition) is 7. The van der Waals surface area contributed by atoms with Crippen LogP contribution < -0.4 is 16.8 Å². The topological polar surface area (TPSA) is 143 Å². The lowest BCUT2D eigenvalue weighted by molar-refractivity contribution is 0.0936. The number of pyridine rings is 2. The van der Waals surface area contributed by atoms with E-state index in [0.717, 1.165) is 35.2 Å². The van der Waals surface area contributed by atoms with Crippen LogP contribution in [0.15, 0.2) is 91.4 Å². The number of nitrogens with two attached hydrogens (primary N) is 2. The van der Waals surface area contributed by atoms with Crippen molar-refractivity contribution in [2.75, 3.05) is 11.5 Å². The molecule has 4 aromatic heterocycles. The van der Waals surface area contributed by atoms with Crippen LogP contribution in [0.3, 0.4) is 0 Å². The second-order valence-corrected chi connectivity index (χ2v) is 9.74. The molecule has 196 valence electrons. The summed E-state index contributed by atoms with van der Waals surface area (Å²) >= 11 is 0. The minimum atomic E-state index is -0.139. The molecule has 2 aromatic carbocycles. The van der Waals surface area contributed by atoms with Crippen LogP contribution in [0.4, 0.5) is 11.5 Å². The van der Waals surface area contributed by atoms with Gasteiger partial charge in [0, 0.05) is 35.5 Å². The molecule has 0 spiro atoms. The summed E-state index contributed by atoms with van der Waals surface area (Å²) in [5.74, 6) is 1.57. The molecule has 0 bridgehead atoms. The van der Waals surface area contributed by atoms with Gasteiger partial charge >= 0.3 is 0 Å². The first kappa shape index (κ1) is 23.6. The number of nitrogens with zero attached hydrogens (tertiary/aromatic N) is 6. The van der Waals surface area contributed by atoms with Crippen molar-refractivity contribution in [2.24, 2.45) is 0 Å². The number of aryl methyl sites for hydroxylation is 1. The van der Waals surface area contributed by atoms with Crippen molar-refractivity contribution in [1.29, 1.82) is 0 Å². The van der Waals surface area contributed by atoms with Crippen LogP contribution >= 0.6 is 0 Å². The molecule has 10 heteroatoms. The van der Waals surface area contributed by atoms with E-state index in [1.54, 1.807) is 41.3 Å². The molecule has 0 saturated heterocycles. The van der Waals surface area contributed by atoms with Gasteiger partial charge in [0.05, 0.1) is 11.6 Å². The van der Waals surface area contributed by atoms with Crippen molar-refractivity contribution < 1.29 is 4.79 Å². The van der Waals surface area contributed by atoms with Crippen molar-refractivity contribution in [2.45, 2.75) is 18.9 Å². The highest BCUT2D eigenvalue weighted by Crippen LogP contribution is 2.36. The number of nitrogen functional groups attached to an aromatic ring is 2. The Kier molecular flexibility index (Phi) is 5.52. The summed E-state index contributed by atoms with van der Waals surface area (Å²) in [6.45, 7) is 0. The normalized spacial score (nSPS) is 14.3. The Balaban J connectivity index is 1.31. The Morgan fingerprint density at radius 3 is 2.70 bits per heavy atom. The Labute approximate surface area is 229 Å². The molecule has 0 radical (unpaired) electrons. The number of aromatic nitrogens is 6. The van der Waals surface area contributed by atoms with Crippen LogP contribution in [-0.2, 0) is 6.42 Å². The van der Waals surface area contributed by atoms with Crippen molar-refractivity contribution in [3.63, 3.8) is 0 Å². The van der Waals surface area contributed by atoms with Crippen LogP contribution in [-0.4, -0.2) is 35.2 Å². The number of anilines is 2. The Bertz CT molecular complexity index is 1890. The summed E-state index contributed by atoms with van der Waals surface area (Å²) < 4.78 is 3.72. The minimum absolute atomic E-state index is 0.0875. The summed E-state index contributed by atoms with van der Waals surface area (Å²) in [6, 6.07) is 22.6. The maximum atomic E-state index is 12.9. The van der Waals surface area contributed by atoms with Crippen molar-refractivity contribution in [3.05, 3.63) is 108 Å². The summed E-state index contributed by atoms with van der Waals surface area (Å²) in [6.07, 6.45) is 6.86. The van der Waals surface area contributed by atoms with E-state index in [0.29, 0.717) is 39.9 Å². The number of benzene rings is 2. The van der Waals surface area contributed by atoms with Crippen molar-refractivity contribution in [3.8, 4) is 22.9 Å². The predicted molar refractivity (Wildman–Crippen MR) is 153 cm³/mol. The first-order valence-corrected chi connectivity index (χ1v) is 12.9. The summed E-state index contributed by atoms with van der Waals surface area (Å²) in [5.41, 5.74) is 18.5. The van der Waals surface area contributed by atoms with Gasteiger partial charge in [0.2, 0.25) is 0 Å². The first-order chi connectivity index (χ1) is 19.5.